The van der Waals surface area contributed by atoms with Gasteiger partial charge in [-0.05, 0) is 40.8 Å². The van der Waals surface area contributed by atoms with Crippen molar-refractivity contribution in [2.45, 2.75) is 31.1 Å². The second-order valence-electron chi connectivity index (χ2n) is 8.54. The van der Waals surface area contributed by atoms with Crippen molar-refractivity contribution >= 4 is 33.0 Å². The highest BCUT2D eigenvalue weighted by molar-refractivity contribution is 7.92. The molecular formula is C24H23N3O5S. The smallest absolute Gasteiger partial charge is 0.449 e. The molecule has 3 N–H and O–H groups in total. The normalized spacial score (nSPS) is 12.0. The fraction of sp³-hybridized carbons (Fsp3) is 0.167. The molecular weight excluding hydrogens is 442 g/mol. The van der Waals surface area contributed by atoms with Gasteiger partial charge in [-0.2, -0.15) is 0 Å². The van der Waals surface area contributed by atoms with Gasteiger partial charge in [-0.1, -0.05) is 63.2 Å². The van der Waals surface area contributed by atoms with Gasteiger partial charge in [0, 0.05) is 0 Å². The Bertz CT molecular complexity index is 1420. The van der Waals surface area contributed by atoms with Crippen molar-refractivity contribution in [3.8, 4) is 17.0 Å². The zero-order chi connectivity index (χ0) is 23.8. The van der Waals surface area contributed by atoms with Crippen molar-refractivity contribution in [1.29, 1.82) is 0 Å². The number of H-pyrrole nitrogens is 1. The van der Waals surface area contributed by atoms with Gasteiger partial charge in [0.25, 0.3) is 10.0 Å². The Labute approximate surface area is 191 Å². The molecule has 170 valence electrons. The highest BCUT2D eigenvalue weighted by Crippen LogP contribution is 2.37. The average molecular weight is 466 g/mol. The molecule has 2 heterocycles. The summed E-state index contributed by atoms with van der Waals surface area (Å²) >= 11 is 0. The van der Waals surface area contributed by atoms with Crippen molar-refractivity contribution in [3.05, 3.63) is 72.3 Å². The summed E-state index contributed by atoms with van der Waals surface area (Å²) < 4.78 is 33.3. The molecule has 0 radical (unpaired) electrons. The van der Waals surface area contributed by atoms with Crippen LogP contribution in [0.25, 0.3) is 22.2 Å². The molecule has 2 aromatic heterocycles. The van der Waals surface area contributed by atoms with E-state index in [1.54, 1.807) is 54.6 Å². The molecule has 0 fully saturated rings. The van der Waals surface area contributed by atoms with Gasteiger partial charge in [0.2, 0.25) is 5.88 Å². The number of hydrogen-bond donors (Lipinski definition) is 3. The molecule has 0 aliphatic rings. The number of nitrogens with zero attached hydrogens (tertiary/aromatic N) is 1. The van der Waals surface area contributed by atoms with Gasteiger partial charge in [-0.25, -0.2) is 18.2 Å². The summed E-state index contributed by atoms with van der Waals surface area (Å²) in [5, 5.41) is 9.11. The number of nitrogens with one attached hydrogen (secondary N) is 2. The maximum Gasteiger partial charge on any atom is 0.512 e. The van der Waals surface area contributed by atoms with Gasteiger partial charge < -0.3 is 14.8 Å². The zero-order valence-electron chi connectivity index (χ0n) is 18.3. The van der Waals surface area contributed by atoms with Crippen LogP contribution in [-0.4, -0.2) is 29.6 Å². The van der Waals surface area contributed by atoms with Crippen LogP contribution in [0.3, 0.4) is 0 Å². The van der Waals surface area contributed by atoms with Crippen LogP contribution in [0, 0.1) is 0 Å². The number of aromatic nitrogens is 2. The number of anilines is 1. The van der Waals surface area contributed by atoms with E-state index < -0.39 is 16.2 Å². The number of carboxylic acid groups (broad SMARTS) is 1. The van der Waals surface area contributed by atoms with Crippen molar-refractivity contribution in [2.24, 2.45) is 0 Å². The number of ether oxygens (including phenoxy) is 1. The van der Waals surface area contributed by atoms with Gasteiger partial charge in [-0.3, -0.25) is 4.72 Å². The Balaban J connectivity index is 1.74. The predicted octanol–water partition coefficient (Wildman–Crippen LogP) is 5.39. The maximum absolute atomic E-state index is 12.9. The summed E-state index contributed by atoms with van der Waals surface area (Å²) in [6, 6.07) is 18.8. The van der Waals surface area contributed by atoms with Gasteiger partial charge in [0.05, 0.1) is 16.0 Å². The van der Waals surface area contributed by atoms with Gasteiger partial charge in [0.1, 0.15) is 11.3 Å². The molecule has 0 bridgehead atoms. The Kier molecular flexibility index (Phi) is 5.59. The van der Waals surface area contributed by atoms with Crippen molar-refractivity contribution in [3.63, 3.8) is 0 Å². The van der Waals surface area contributed by atoms with E-state index in [1.807, 2.05) is 6.07 Å². The molecule has 0 saturated carbocycles. The second-order valence-corrected chi connectivity index (χ2v) is 10.2. The average Bonchev–Trinajstić information content (AvgIpc) is 3.10. The molecule has 0 atom stereocenters. The minimum Gasteiger partial charge on any atom is -0.449 e. The number of rotatable bonds is 5. The summed E-state index contributed by atoms with van der Waals surface area (Å²) in [5.41, 5.74) is 2.89. The number of fused-ring (bicyclic) bond motifs is 1. The first-order valence-corrected chi connectivity index (χ1v) is 11.7. The predicted molar refractivity (Wildman–Crippen MR) is 126 cm³/mol. The third-order valence-corrected chi connectivity index (χ3v) is 6.50. The summed E-state index contributed by atoms with van der Waals surface area (Å²) in [4.78, 5) is 18.6. The molecule has 4 aromatic rings. The standard InChI is InChI=1S/C24H23N3O5S/c1-24(2,3)16-9-11-17(12-10-16)33(30,31)27-19-14-13-18-21(26-19)20(15-7-5-4-6-8-15)22(25-18)32-23(28)29/h4-14,25H,1-3H3,(H,26,27)(H,28,29). The molecule has 0 spiro atoms. The van der Waals surface area contributed by atoms with Crippen LogP contribution in [0.15, 0.2) is 71.6 Å². The number of carbonyl (C=O) groups is 1. The lowest BCUT2D eigenvalue weighted by molar-refractivity contribution is 0.143. The zero-order valence-corrected chi connectivity index (χ0v) is 19.1. The summed E-state index contributed by atoms with van der Waals surface area (Å²) in [7, 11) is -3.88. The molecule has 4 rings (SSSR count). The first-order chi connectivity index (χ1) is 15.5. The minimum absolute atomic E-state index is 0.00831. The lowest BCUT2D eigenvalue weighted by Gasteiger charge is -2.19. The molecule has 0 aliphatic carbocycles. The Morgan fingerprint density at radius 1 is 1.00 bits per heavy atom. The van der Waals surface area contributed by atoms with Crippen LogP contribution in [0.4, 0.5) is 10.6 Å². The summed E-state index contributed by atoms with van der Waals surface area (Å²) in [5.74, 6) is 0.106. The van der Waals surface area contributed by atoms with E-state index in [0.29, 0.717) is 22.2 Å². The summed E-state index contributed by atoms with van der Waals surface area (Å²) in [6.45, 7) is 6.16. The highest BCUT2D eigenvalue weighted by atomic mass is 32.2. The largest absolute Gasteiger partial charge is 0.512 e. The maximum atomic E-state index is 12.9. The van der Waals surface area contributed by atoms with Crippen LogP contribution in [0.5, 0.6) is 5.88 Å². The molecule has 0 amide bonds. The Hall–Kier alpha value is -3.85. The van der Waals surface area contributed by atoms with Crippen LogP contribution in [-0.2, 0) is 15.4 Å². The van der Waals surface area contributed by atoms with E-state index in [9.17, 15) is 13.2 Å². The number of hydrogen-bond acceptors (Lipinski definition) is 5. The van der Waals surface area contributed by atoms with E-state index in [1.165, 1.54) is 6.07 Å². The molecule has 2 aromatic carbocycles. The van der Waals surface area contributed by atoms with Crippen LogP contribution in [0.1, 0.15) is 26.3 Å². The van der Waals surface area contributed by atoms with Crippen LogP contribution in [0.2, 0.25) is 0 Å². The lowest BCUT2D eigenvalue weighted by atomic mass is 9.87. The van der Waals surface area contributed by atoms with E-state index in [2.05, 4.69) is 35.5 Å². The molecule has 9 heteroatoms. The third kappa shape index (κ3) is 4.68. The van der Waals surface area contributed by atoms with Crippen LogP contribution < -0.4 is 9.46 Å². The molecule has 0 saturated heterocycles. The lowest BCUT2D eigenvalue weighted by Crippen LogP contribution is -2.15. The second kappa shape index (κ2) is 8.25. The van der Waals surface area contributed by atoms with Crippen LogP contribution >= 0.6 is 0 Å². The number of sulfonamides is 1. The minimum atomic E-state index is -3.88. The first-order valence-electron chi connectivity index (χ1n) is 10.2. The van der Waals surface area contributed by atoms with Gasteiger partial charge >= 0.3 is 6.16 Å². The van der Waals surface area contributed by atoms with Crippen molar-refractivity contribution < 1.29 is 23.1 Å². The number of aromatic amines is 1. The number of benzene rings is 2. The van der Waals surface area contributed by atoms with E-state index >= 15 is 0 Å². The van der Waals surface area contributed by atoms with E-state index in [4.69, 9.17) is 9.84 Å². The van der Waals surface area contributed by atoms with E-state index in [-0.39, 0.29) is 22.0 Å². The van der Waals surface area contributed by atoms with Crippen molar-refractivity contribution in [1.82, 2.24) is 9.97 Å². The highest BCUT2D eigenvalue weighted by Gasteiger charge is 2.21. The topological polar surface area (TPSA) is 121 Å². The Morgan fingerprint density at radius 3 is 2.27 bits per heavy atom. The van der Waals surface area contributed by atoms with Gasteiger partial charge in [-0.15, -0.1) is 0 Å². The first kappa shape index (κ1) is 22.3. The Morgan fingerprint density at radius 2 is 1.67 bits per heavy atom. The van der Waals surface area contributed by atoms with Gasteiger partial charge in [0.15, 0.2) is 0 Å². The third-order valence-electron chi connectivity index (χ3n) is 5.13. The fourth-order valence-corrected chi connectivity index (χ4v) is 4.47. The monoisotopic (exact) mass is 465 g/mol. The molecule has 33 heavy (non-hydrogen) atoms. The van der Waals surface area contributed by atoms with E-state index in [0.717, 1.165) is 5.56 Å². The molecule has 0 aliphatic heterocycles. The molecule has 0 unspecified atom stereocenters. The SMILES string of the molecule is CC(C)(C)c1ccc(S(=O)(=O)Nc2ccc3[nH]c(OC(=O)O)c(-c4ccccc4)c3n2)cc1. The fourth-order valence-electron chi connectivity index (χ4n) is 3.47. The van der Waals surface area contributed by atoms with Crippen molar-refractivity contribution in [2.75, 3.05) is 4.72 Å². The quantitative estimate of drug-likeness (QED) is 0.340. The number of pyridine rings is 1. The molecule has 8 nitrogen and oxygen atoms in total. The summed E-state index contributed by atoms with van der Waals surface area (Å²) in [6.07, 6.45) is -1.47.